The van der Waals surface area contributed by atoms with E-state index in [0.29, 0.717) is 28.5 Å². The summed E-state index contributed by atoms with van der Waals surface area (Å²) in [6, 6.07) is 17.2. The van der Waals surface area contributed by atoms with E-state index in [1.54, 1.807) is 13.1 Å². The lowest BCUT2D eigenvalue weighted by molar-refractivity contribution is 0.0400. The van der Waals surface area contributed by atoms with Gasteiger partial charge in [-0.15, -0.1) is 0 Å². The standard InChI is InChI=1S/C31H28ClFN4O3/c1-17-28(18(2)40-35-17)21-13-25(30(38)34-3)29-24-12-20(31(39)36-15-23(33)16-36)6-9-26(24)37(27(29)14-21)11-10-19-4-7-22(32)8-5-19/h4-9,12-14,23H,10-11,15-16H2,1-3H3,(H,34,38). The van der Waals surface area contributed by atoms with Crippen LogP contribution >= 0.6 is 11.6 Å². The predicted octanol–water partition coefficient (Wildman–Crippen LogP) is 6.12. The maximum Gasteiger partial charge on any atom is 0.254 e. The SMILES string of the molecule is CNC(=O)c1cc(-c2c(C)noc2C)cc2c1c1cc(C(=O)N3CC(F)C3)ccc1n2CCc1ccc(Cl)cc1. The first kappa shape index (κ1) is 26.1. The van der Waals surface area contributed by atoms with Crippen LogP contribution in [0.3, 0.4) is 0 Å². The van der Waals surface area contributed by atoms with Crippen LogP contribution in [0.1, 0.15) is 37.7 Å². The molecule has 0 spiro atoms. The lowest BCUT2D eigenvalue weighted by atomic mass is 9.96. The Balaban J connectivity index is 1.58. The van der Waals surface area contributed by atoms with Gasteiger partial charge in [-0.05, 0) is 73.9 Å². The second kappa shape index (κ2) is 10.1. The number of aromatic nitrogens is 2. The molecule has 40 heavy (non-hydrogen) atoms. The van der Waals surface area contributed by atoms with E-state index in [9.17, 15) is 14.0 Å². The van der Waals surface area contributed by atoms with Crippen molar-refractivity contribution in [1.29, 1.82) is 0 Å². The molecule has 2 amide bonds. The van der Waals surface area contributed by atoms with Gasteiger partial charge in [-0.3, -0.25) is 9.59 Å². The van der Waals surface area contributed by atoms with Crippen LogP contribution in [0.5, 0.6) is 0 Å². The molecule has 5 aromatic rings. The van der Waals surface area contributed by atoms with Crippen LogP contribution in [0.2, 0.25) is 5.02 Å². The quantitative estimate of drug-likeness (QED) is 0.272. The first-order chi connectivity index (χ1) is 19.2. The van der Waals surface area contributed by atoms with Crippen molar-refractivity contribution >= 4 is 45.2 Å². The lowest BCUT2D eigenvalue weighted by Crippen LogP contribution is -2.51. The van der Waals surface area contributed by atoms with Crippen molar-refractivity contribution in [3.8, 4) is 11.1 Å². The zero-order chi connectivity index (χ0) is 28.1. The zero-order valence-corrected chi connectivity index (χ0v) is 23.2. The molecule has 3 aromatic carbocycles. The fourth-order valence-electron chi connectivity index (χ4n) is 5.62. The number of fused-ring (bicyclic) bond motifs is 3. The Morgan fingerprint density at radius 1 is 1.07 bits per heavy atom. The smallest absolute Gasteiger partial charge is 0.254 e. The van der Waals surface area contributed by atoms with Crippen LogP contribution in [0.4, 0.5) is 4.39 Å². The summed E-state index contributed by atoms with van der Waals surface area (Å²) in [6.45, 7) is 4.56. The molecule has 0 bridgehead atoms. The monoisotopic (exact) mass is 558 g/mol. The van der Waals surface area contributed by atoms with E-state index >= 15 is 0 Å². The summed E-state index contributed by atoms with van der Waals surface area (Å²) in [7, 11) is 1.60. The van der Waals surface area contributed by atoms with Gasteiger partial charge in [0.1, 0.15) is 11.9 Å². The zero-order valence-electron chi connectivity index (χ0n) is 22.4. The topological polar surface area (TPSA) is 80.4 Å². The highest BCUT2D eigenvalue weighted by atomic mass is 35.5. The number of nitrogens with one attached hydrogen (secondary N) is 1. The molecule has 2 aromatic heterocycles. The fraction of sp³-hybridized carbons (Fsp3) is 0.258. The van der Waals surface area contributed by atoms with Gasteiger partial charge in [-0.2, -0.15) is 0 Å². The number of carbonyl (C=O) groups is 2. The highest BCUT2D eigenvalue weighted by molar-refractivity contribution is 6.30. The third kappa shape index (κ3) is 4.42. The van der Waals surface area contributed by atoms with E-state index in [2.05, 4.69) is 21.1 Å². The van der Waals surface area contributed by atoms with Crippen molar-refractivity contribution in [2.75, 3.05) is 20.1 Å². The summed E-state index contributed by atoms with van der Waals surface area (Å²) in [6.07, 6.45) is -0.252. The molecule has 0 aliphatic carbocycles. The molecule has 0 atom stereocenters. The van der Waals surface area contributed by atoms with E-state index < -0.39 is 6.17 Å². The van der Waals surface area contributed by atoms with Crippen molar-refractivity contribution in [3.63, 3.8) is 0 Å². The minimum Gasteiger partial charge on any atom is -0.361 e. The first-order valence-corrected chi connectivity index (χ1v) is 13.6. The summed E-state index contributed by atoms with van der Waals surface area (Å²) in [4.78, 5) is 27.9. The Bertz CT molecular complexity index is 1770. The van der Waals surface area contributed by atoms with E-state index in [1.807, 2.05) is 56.3 Å². The molecule has 7 nitrogen and oxygen atoms in total. The van der Waals surface area contributed by atoms with Gasteiger partial charge in [-0.1, -0.05) is 28.9 Å². The van der Waals surface area contributed by atoms with Gasteiger partial charge in [0.05, 0.1) is 24.3 Å². The van der Waals surface area contributed by atoms with Crippen molar-refractivity contribution in [3.05, 3.63) is 87.8 Å². The average Bonchev–Trinajstić information content (AvgIpc) is 3.44. The number of aryl methyl sites for hydroxylation is 4. The number of nitrogens with zero attached hydrogens (tertiary/aromatic N) is 3. The first-order valence-electron chi connectivity index (χ1n) is 13.2. The molecular formula is C31H28ClFN4O3. The van der Waals surface area contributed by atoms with Gasteiger partial charge in [0, 0.05) is 51.6 Å². The third-order valence-corrected chi connectivity index (χ3v) is 7.92. The van der Waals surface area contributed by atoms with Crippen molar-refractivity contribution in [2.45, 2.75) is 33.0 Å². The minimum atomic E-state index is -0.981. The van der Waals surface area contributed by atoms with Crippen LogP contribution < -0.4 is 5.32 Å². The molecule has 1 saturated heterocycles. The minimum absolute atomic E-state index is 0.101. The van der Waals surface area contributed by atoms with Gasteiger partial charge in [0.2, 0.25) is 0 Å². The number of hydrogen-bond donors (Lipinski definition) is 1. The maximum absolute atomic E-state index is 13.5. The van der Waals surface area contributed by atoms with Crippen molar-refractivity contribution in [1.82, 2.24) is 19.9 Å². The highest BCUT2D eigenvalue weighted by Crippen LogP contribution is 2.38. The molecule has 1 aliphatic heterocycles. The van der Waals surface area contributed by atoms with E-state index in [0.717, 1.165) is 50.6 Å². The molecule has 1 N–H and O–H groups in total. The molecule has 0 unspecified atom stereocenters. The molecule has 1 aliphatic rings. The molecule has 1 fully saturated rings. The molecule has 0 radical (unpaired) electrons. The van der Waals surface area contributed by atoms with Crippen LogP contribution in [-0.2, 0) is 13.0 Å². The second-order valence-corrected chi connectivity index (χ2v) is 10.7. The summed E-state index contributed by atoms with van der Waals surface area (Å²) in [5, 5.41) is 9.12. The number of likely N-dealkylation sites (tertiary alicyclic amines) is 1. The van der Waals surface area contributed by atoms with Gasteiger partial charge in [-0.25, -0.2) is 4.39 Å². The predicted molar refractivity (Wildman–Crippen MR) is 154 cm³/mol. The third-order valence-electron chi connectivity index (χ3n) is 7.67. The van der Waals surface area contributed by atoms with E-state index in [-0.39, 0.29) is 24.9 Å². The largest absolute Gasteiger partial charge is 0.361 e. The lowest BCUT2D eigenvalue weighted by Gasteiger charge is -2.34. The van der Waals surface area contributed by atoms with E-state index in [1.165, 1.54) is 4.90 Å². The summed E-state index contributed by atoms with van der Waals surface area (Å²) < 4.78 is 21.1. The van der Waals surface area contributed by atoms with E-state index in [4.69, 9.17) is 16.1 Å². The molecule has 0 saturated carbocycles. The van der Waals surface area contributed by atoms with Gasteiger partial charge >= 0.3 is 0 Å². The van der Waals surface area contributed by atoms with Gasteiger partial charge in [0.25, 0.3) is 11.8 Å². The van der Waals surface area contributed by atoms with Gasteiger partial charge < -0.3 is 19.3 Å². The maximum atomic E-state index is 13.5. The summed E-state index contributed by atoms with van der Waals surface area (Å²) >= 11 is 6.10. The summed E-state index contributed by atoms with van der Waals surface area (Å²) in [5.41, 5.74) is 6.23. The highest BCUT2D eigenvalue weighted by Gasteiger charge is 2.31. The van der Waals surface area contributed by atoms with Crippen molar-refractivity contribution in [2.24, 2.45) is 0 Å². The Hall–Kier alpha value is -4.17. The Labute approximate surface area is 235 Å². The normalized spacial score (nSPS) is 13.7. The Morgan fingerprint density at radius 3 is 2.48 bits per heavy atom. The second-order valence-electron chi connectivity index (χ2n) is 10.3. The van der Waals surface area contributed by atoms with Crippen LogP contribution in [0.15, 0.2) is 59.1 Å². The van der Waals surface area contributed by atoms with Crippen molar-refractivity contribution < 1.29 is 18.5 Å². The van der Waals surface area contributed by atoms with Crippen LogP contribution in [-0.4, -0.2) is 52.7 Å². The number of halogens is 2. The number of alkyl halides is 1. The molecule has 3 heterocycles. The fourth-order valence-corrected chi connectivity index (χ4v) is 5.74. The Kier molecular flexibility index (Phi) is 6.58. The average molecular weight is 559 g/mol. The Morgan fingerprint density at radius 2 is 1.82 bits per heavy atom. The molecule has 6 rings (SSSR count). The number of hydrogen-bond acceptors (Lipinski definition) is 4. The number of amides is 2. The number of rotatable bonds is 6. The van der Waals surface area contributed by atoms with Crippen LogP contribution in [0.25, 0.3) is 32.9 Å². The molecule has 9 heteroatoms. The number of carbonyl (C=O) groups excluding carboxylic acids is 2. The number of benzene rings is 3. The van der Waals surface area contributed by atoms with Crippen LogP contribution in [0, 0.1) is 13.8 Å². The summed E-state index contributed by atoms with van der Waals surface area (Å²) in [5.74, 6) is 0.207. The molecule has 204 valence electrons. The van der Waals surface area contributed by atoms with Gasteiger partial charge in [0.15, 0.2) is 0 Å². The molecular weight excluding hydrogens is 531 g/mol.